The van der Waals surface area contributed by atoms with E-state index in [4.69, 9.17) is 4.74 Å². The van der Waals surface area contributed by atoms with Crippen LogP contribution in [0.3, 0.4) is 0 Å². The average molecular weight is 267 g/mol. The second kappa shape index (κ2) is 4.75. The van der Waals surface area contributed by atoms with Crippen molar-refractivity contribution in [2.24, 2.45) is 0 Å². The number of ether oxygens (including phenoxy) is 1. The van der Waals surface area contributed by atoms with Crippen molar-refractivity contribution < 1.29 is 9.53 Å². The molecule has 102 valence electrons. The summed E-state index contributed by atoms with van der Waals surface area (Å²) in [5.41, 5.74) is 5.06. The van der Waals surface area contributed by atoms with Crippen molar-refractivity contribution in [3.8, 4) is 17.0 Å². The lowest BCUT2D eigenvalue weighted by atomic mass is 9.98. The Labute approximate surface area is 118 Å². The molecule has 1 aromatic carbocycles. The van der Waals surface area contributed by atoms with Gasteiger partial charge in [-0.3, -0.25) is 4.79 Å². The first kappa shape index (κ1) is 12.9. The number of rotatable bonds is 2. The molecule has 3 heteroatoms. The Morgan fingerprint density at radius 1 is 1.25 bits per heavy atom. The molecule has 1 aromatic heterocycles. The Hall–Kier alpha value is -2.16. The first-order chi connectivity index (χ1) is 9.60. The fraction of sp³-hybridized carbons (Fsp3) is 0.294. The summed E-state index contributed by atoms with van der Waals surface area (Å²) in [6, 6.07) is 8.16. The van der Waals surface area contributed by atoms with E-state index in [1.54, 1.807) is 13.3 Å². The van der Waals surface area contributed by atoms with Crippen LogP contribution in [0, 0.1) is 6.92 Å². The van der Waals surface area contributed by atoms with Crippen LogP contribution in [-0.2, 0) is 0 Å². The lowest BCUT2D eigenvalue weighted by molar-refractivity contribution is 0.0990. The maximum Gasteiger partial charge on any atom is 0.215 e. The molecule has 0 aliphatic heterocycles. The minimum Gasteiger partial charge on any atom is -0.481 e. The van der Waals surface area contributed by atoms with Gasteiger partial charge in [-0.1, -0.05) is 19.1 Å². The number of fused-ring (bicyclic) bond motifs is 1. The van der Waals surface area contributed by atoms with Crippen LogP contribution < -0.4 is 4.74 Å². The first-order valence-electron chi connectivity index (χ1n) is 6.78. The number of carbonyl (C=O) groups is 1. The van der Waals surface area contributed by atoms with Gasteiger partial charge in [-0.05, 0) is 36.1 Å². The zero-order chi connectivity index (χ0) is 14.3. The number of hydrogen-bond donors (Lipinski definition) is 0. The largest absolute Gasteiger partial charge is 0.481 e. The zero-order valence-corrected chi connectivity index (χ0v) is 11.9. The van der Waals surface area contributed by atoms with E-state index in [2.05, 4.69) is 24.0 Å². The van der Waals surface area contributed by atoms with Crippen molar-refractivity contribution in [1.29, 1.82) is 0 Å². The number of benzene rings is 1. The summed E-state index contributed by atoms with van der Waals surface area (Å²) in [7, 11) is 1.62. The fourth-order valence-corrected chi connectivity index (χ4v) is 2.84. The van der Waals surface area contributed by atoms with Crippen LogP contribution in [0.1, 0.15) is 40.7 Å². The summed E-state index contributed by atoms with van der Waals surface area (Å²) in [4.78, 5) is 16.3. The van der Waals surface area contributed by atoms with Crippen molar-refractivity contribution >= 4 is 5.78 Å². The molecule has 3 rings (SSSR count). The van der Waals surface area contributed by atoms with E-state index in [1.807, 2.05) is 19.1 Å². The van der Waals surface area contributed by atoms with Gasteiger partial charge in [0.25, 0.3) is 0 Å². The highest BCUT2D eigenvalue weighted by atomic mass is 16.5. The number of hydrogen-bond acceptors (Lipinski definition) is 3. The van der Waals surface area contributed by atoms with Crippen LogP contribution in [-0.4, -0.2) is 17.9 Å². The SMILES string of the molecule is COc1ncc(-c2ccc3c(c2)C(=O)CC3C)cc1C. The monoisotopic (exact) mass is 267 g/mol. The number of ketones is 1. The highest BCUT2D eigenvalue weighted by Crippen LogP contribution is 2.35. The molecule has 1 atom stereocenters. The van der Waals surface area contributed by atoms with Crippen LogP contribution in [0.5, 0.6) is 5.88 Å². The summed E-state index contributed by atoms with van der Waals surface area (Å²) in [6.45, 7) is 4.07. The first-order valence-corrected chi connectivity index (χ1v) is 6.78. The standard InChI is InChI=1S/C17H17NO2/c1-10-7-16(19)15-8-12(4-5-14(10)15)13-6-11(2)17(20-3)18-9-13/h4-6,8-10H,7H2,1-3H3. The van der Waals surface area contributed by atoms with E-state index in [9.17, 15) is 4.79 Å². The van der Waals surface area contributed by atoms with Gasteiger partial charge in [0.15, 0.2) is 5.78 Å². The Morgan fingerprint density at radius 2 is 2.05 bits per heavy atom. The third kappa shape index (κ3) is 1.99. The molecule has 1 heterocycles. The molecule has 3 nitrogen and oxygen atoms in total. The predicted molar refractivity (Wildman–Crippen MR) is 78.3 cm³/mol. The lowest BCUT2D eigenvalue weighted by Gasteiger charge is -2.09. The third-order valence-corrected chi connectivity index (χ3v) is 3.93. The van der Waals surface area contributed by atoms with E-state index >= 15 is 0 Å². The molecular formula is C17H17NO2. The van der Waals surface area contributed by atoms with Gasteiger partial charge in [0.2, 0.25) is 5.88 Å². The zero-order valence-electron chi connectivity index (χ0n) is 11.9. The van der Waals surface area contributed by atoms with Crippen LogP contribution in [0.4, 0.5) is 0 Å². The average Bonchev–Trinajstić information content (AvgIpc) is 2.73. The summed E-state index contributed by atoms with van der Waals surface area (Å²) in [6.07, 6.45) is 2.41. The van der Waals surface area contributed by atoms with Gasteiger partial charge in [0.05, 0.1) is 7.11 Å². The topological polar surface area (TPSA) is 39.2 Å². The molecule has 0 amide bonds. The molecule has 0 fully saturated rings. The minimum absolute atomic E-state index is 0.243. The van der Waals surface area contributed by atoms with E-state index < -0.39 is 0 Å². The van der Waals surface area contributed by atoms with E-state index in [0.29, 0.717) is 18.2 Å². The number of nitrogens with zero attached hydrogens (tertiary/aromatic N) is 1. The maximum absolute atomic E-state index is 12.0. The second-order valence-corrected chi connectivity index (χ2v) is 5.38. The smallest absolute Gasteiger partial charge is 0.215 e. The Balaban J connectivity index is 2.06. The Kier molecular flexibility index (Phi) is 3.05. The van der Waals surface area contributed by atoms with Crippen molar-refractivity contribution in [3.05, 3.63) is 47.2 Å². The lowest BCUT2D eigenvalue weighted by Crippen LogP contribution is -1.94. The van der Waals surface area contributed by atoms with E-state index in [0.717, 1.165) is 27.8 Å². The van der Waals surface area contributed by atoms with Crippen molar-refractivity contribution in [2.45, 2.75) is 26.2 Å². The molecule has 0 spiro atoms. The van der Waals surface area contributed by atoms with Gasteiger partial charge in [-0.15, -0.1) is 0 Å². The van der Waals surface area contributed by atoms with Gasteiger partial charge in [0, 0.05) is 29.3 Å². The van der Waals surface area contributed by atoms with Gasteiger partial charge in [0.1, 0.15) is 0 Å². The summed E-state index contributed by atoms with van der Waals surface area (Å²) >= 11 is 0. The molecule has 0 saturated carbocycles. The number of Topliss-reactive ketones (excluding diaryl/α,β-unsaturated/α-hetero) is 1. The van der Waals surface area contributed by atoms with E-state index in [1.165, 1.54) is 0 Å². The number of aromatic nitrogens is 1. The second-order valence-electron chi connectivity index (χ2n) is 5.38. The summed E-state index contributed by atoms with van der Waals surface area (Å²) in [5.74, 6) is 1.22. The molecule has 0 saturated heterocycles. The summed E-state index contributed by atoms with van der Waals surface area (Å²) in [5, 5.41) is 0. The Morgan fingerprint density at radius 3 is 2.75 bits per heavy atom. The normalized spacial score (nSPS) is 17.1. The van der Waals surface area contributed by atoms with Crippen molar-refractivity contribution in [2.75, 3.05) is 7.11 Å². The molecule has 0 N–H and O–H groups in total. The highest BCUT2D eigenvalue weighted by molar-refractivity contribution is 6.02. The number of methoxy groups -OCH3 is 1. The summed E-state index contributed by atoms with van der Waals surface area (Å²) < 4.78 is 5.18. The number of aryl methyl sites for hydroxylation is 1. The van der Waals surface area contributed by atoms with Crippen molar-refractivity contribution in [3.63, 3.8) is 0 Å². The van der Waals surface area contributed by atoms with Gasteiger partial charge in [-0.25, -0.2) is 4.98 Å². The molecule has 1 aliphatic carbocycles. The number of pyridine rings is 1. The molecule has 0 bridgehead atoms. The van der Waals surface area contributed by atoms with Gasteiger partial charge < -0.3 is 4.74 Å². The highest BCUT2D eigenvalue weighted by Gasteiger charge is 2.26. The van der Waals surface area contributed by atoms with Crippen LogP contribution in [0.2, 0.25) is 0 Å². The quantitative estimate of drug-likeness (QED) is 0.831. The maximum atomic E-state index is 12.0. The van der Waals surface area contributed by atoms with Crippen LogP contribution in [0.25, 0.3) is 11.1 Å². The predicted octanol–water partition coefficient (Wildman–Crippen LogP) is 3.76. The molecule has 0 radical (unpaired) electrons. The molecule has 1 aliphatic rings. The molecule has 2 aromatic rings. The van der Waals surface area contributed by atoms with Crippen LogP contribution in [0.15, 0.2) is 30.5 Å². The number of carbonyl (C=O) groups excluding carboxylic acids is 1. The molecule has 1 unspecified atom stereocenters. The van der Waals surface area contributed by atoms with E-state index in [-0.39, 0.29) is 5.78 Å². The fourth-order valence-electron chi connectivity index (χ4n) is 2.84. The van der Waals surface area contributed by atoms with Gasteiger partial charge >= 0.3 is 0 Å². The van der Waals surface area contributed by atoms with Crippen molar-refractivity contribution in [1.82, 2.24) is 4.98 Å². The minimum atomic E-state index is 0.243. The molecule has 20 heavy (non-hydrogen) atoms. The third-order valence-electron chi connectivity index (χ3n) is 3.93. The van der Waals surface area contributed by atoms with Gasteiger partial charge in [-0.2, -0.15) is 0 Å². The van der Waals surface area contributed by atoms with Crippen LogP contribution >= 0.6 is 0 Å². The molecular weight excluding hydrogens is 250 g/mol. The Bertz CT molecular complexity index is 691.